The predicted octanol–water partition coefficient (Wildman–Crippen LogP) is 1.61. The van der Waals surface area contributed by atoms with Gasteiger partial charge in [-0.3, -0.25) is 0 Å². The van der Waals surface area contributed by atoms with Crippen LogP contribution in [0, 0.1) is 0 Å². The van der Waals surface area contributed by atoms with Gasteiger partial charge in [0.05, 0.1) is 19.6 Å². The highest BCUT2D eigenvalue weighted by Crippen LogP contribution is 2.22. The van der Waals surface area contributed by atoms with Gasteiger partial charge in [-0.15, -0.1) is 0 Å². The fraction of sp³-hybridized carbons (Fsp3) is 0.462. The maximum atomic E-state index is 12.3. The van der Waals surface area contributed by atoms with E-state index in [1.165, 1.54) is 24.3 Å². The molecule has 0 aliphatic heterocycles. The van der Waals surface area contributed by atoms with E-state index >= 15 is 0 Å². The van der Waals surface area contributed by atoms with Gasteiger partial charge in [0.1, 0.15) is 0 Å². The quantitative estimate of drug-likeness (QED) is 0.747. The van der Waals surface area contributed by atoms with Gasteiger partial charge in [-0.2, -0.15) is 13.2 Å². The van der Waals surface area contributed by atoms with E-state index in [2.05, 4.69) is 5.32 Å². The van der Waals surface area contributed by atoms with E-state index in [1.807, 2.05) is 0 Å². The van der Waals surface area contributed by atoms with Gasteiger partial charge >= 0.3 is 12.2 Å². The van der Waals surface area contributed by atoms with Crippen LogP contribution >= 0.6 is 0 Å². The van der Waals surface area contributed by atoms with E-state index in [0.29, 0.717) is 0 Å². The third-order valence-electron chi connectivity index (χ3n) is 2.61. The number of anilines is 1. The number of aliphatic hydroxyl groups excluding tert-OH is 2. The molecule has 0 aliphatic carbocycles. The molecule has 2 amide bonds. The molecule has 0 atom stereocenters. The molecule has 1 aromatic rings. The Bertz CT molecular complexity index is 460. The van der Waals surface area contributed by atoms with Crippen LogP contribution in [-0.2, 0) is 6.42 Å². The third-order valence-corrected chi connectivity index (χ3v) is 2.61. The van der Waals surface area contributed by atoms with E-state index in [-0.39, 0.29) is 37.6 Å². The number of rotatable bonds is 6. The Kier molecular flexibility index (Phi) is 6.44. The largest absolute Gasteiger partial charge is 0.395 e. The summed E-state index contributed by atoms with van der Waals surface area (Å²) < 4.78 is 36.9. The van der Waals surface area contributed by atoms with Crippen molar-refractivity contribution in [2.75, 3.05) is 31.6 Å². The molecule has 0 aromatic heterocycles. The molecule has 1 aromatic carbocycles. The van der Waals surface area contributed by atoms with E-state index in [4.69, 9.17) is 10.2 Å². The Labute approximate surface area is 120 Å². The standard InChI is InChI=1S/C13H17F3N2O3/c14-13(15,16)9-10-2-1-3-11(8-10)17-12(21)18(4-6-19)5-7-20/h1-3,8,19-20H,4-7,9H2,(H,17,21). The molecule has 0 heterocycles. The molecule has 118 valence electrons. The number of nitrogens with one attached hydrogen (secondary N) is 1. The maximum absolute atomic E-state index is 12.3. The van der Waals surface area contributed by atoms with Crippen molar-refractivity contribution in [3.63, 3.8) is 0 Å². The minimum atomic E-state index is -4.32. The van der Waals surface area contributed by atoms with Gasteiger partial charge in [0, 0.05) is 18.8 Å². The highest BCUT2D eigenvalue weighted by Gasteiger charge is 2.27. The SMILES string of the molecule is O=C(Nc1cccc(CC(F)(F)F)c1)N(CCO)CCO. The van der Waals surface area contributed by atoms with Gasteiger partial charge in [-0.25, -0.2) is 4.79 Å². The molecule has 5 nitrogen and oxygen atoms in total. The van der Waals surface area contributed by atoms with Crippen molar-refractivity contribution < 1.29 is 28.2 Å². The first kappa shape index (κ1) is 17.3. The zero-order chi connectivity index (χ0) is 15.9. The summed E-state index contributed by atoms with van der Waals surface area (Å²) in [5.41, 5.74) is 0.263. The van der Waals surface area contributed by atoms with Crippen LogP contribution in [-0.4, -0.2) is 53.6 Å². The number of carbonyl (C=O) groups is 1. The molecular formula is C13H17F3N2O3. The Balaban J connectivity index is 2.73. The molecule has 0 unspecified atom stereocenters. The molecule has 0 aliphatic rings. The second-order valence-electron chi connectivity index (χ2n) is 4.36. The Morgan fingerprint density at radius 1 is 1.19 bits per heavy atom. The van der Waals surface area contributed by atoms with Crippen molar-refractivity contribution in [2.45, 2.75) is 12.6 Å². The number of alkyl halides is 3. The predicted molar refractivity (Wildman–Crippen MR) is 71.0 cm³/mol. The monoisotopic (exact) mass is 306 g/mol. The highest BCUT2D eigenvalue weighted by atomic mass is 19.4. The summed E-state index contributed by atoms with van der Waals surface area (Å²) in [5.74, 6) is 0. The minimum absolute atomic E-state index is 0.0225. The molecular weight excluding hydrogens is 289 g/mol. The number of hydrogen-bond acceptors (Lipinski definition) is 3. The summed E-state index contributed by atoms with van der Waals surface area (Å²) in [5, 5.41) is 20.1. The zero-order valence-electron chi connectivity index (χ0n) is 11.2. The molecule has 0 saturated carbocycles. The molecule has 0 saturated heterocycles. The van der Waals surface area contributed by atoms with Crippen LogP contribution in [0.25, 0.3) is 0 Å². The van der Waals surface area contributed by atoms with Crippen LogP contribution in [0.2, 0.25) is 0 Å². The van der Waals surface area contributed by atoms with E-state index in [9.17, 15) is 18.0 Å². The van der Waals surface area contributed by atoms with Crippen LogP contribution in [0.1, 0.15) is 5.56 Å². The van der Waals surface area contributed by atoms with Crippen LogP contribution in [0.5, 0.6) is 0 Å². The number of benzene rings is 1. The molecule has 21 heavy (non-hydrogen) atoms. The number of hydrogen-bond donors (Lipinski definition) is 3. The highest BCUT2D eigenvalue weighted by molar-refractivity contribution is 5.89. The molecule has 0 bridgehead atoms. The number of halogens is 3. The van der Waals surface area contributed by atoms with Crippen molar-refractivity contribution in [3.8, 4) is 0 Å². The van der Waals surface area contributed by atoms with E-state index in [1.54, 1.807) is 0 Å². The summed E-state index contributed by atoms with van der Waals surface area (Å²) in [6.45, 7) is -0.508. The molecule has 3 N–H and O–H groups in total. The Hall–Kier alpha value is -1.80. The summed E-state index contributed by atoms with van der Waals surface area (Å²) in [6, 6.07) is 4.85. The number of amides is 2. The minimum Gasteiger partial charge on any atom is -0.395 e. The third kappa shape index (κ3) is 6.46. The van der Waals surface area contributed by atoms with Gasteiger partial charge in [-0.1, -0.05) is 12.1 Å². The van der Waals surface area contributed by atoms with Gasteiger partial charge in [0.25, 0.3) is 0 Å². The zero-order valence-corrected chi connectivity index (χ0v) is 11.2. The lowest BCUT2D eigenvalue weighted by Crippen LogP contribution is -2.38. The van der Waals surface area contributed by atoms with Gasteiger partial charge < -0.3 is 20.4 Å². The molecule has 0 spiro atoms. The number of urea groups is 1. The van der Waals surface area contributed by atoms with Crippen LogP contribution in [0.4, 0.5) is 23.7 Å². The normalized spacial score (nSPS) is 11.3. The lowest BCUT2D eigenvalue weighted by atomic mass is 10.1. The number of nitrogens with zero attached hydrogens (tertiary/aromatic N) is 1. The maximum Gasteiger partial charge on any atom is 0.393 e. The first-order valence-corrected chi connectivity index (χ1v) is 6.29. The van der Waals surface area contributed by atoms with Crippen LogP contribution in [0.15, 0.2) is 24.3 Å². The van der Waals surface area contributed by atoms with Gasteiger partial charge in [-0.05, 0) is 17.7 Å². The van der Waals surface area contributed by atoms with Gasteiger partial charge in [0.15, 0.2) is 0 Å². The van der Waals surface area contributed by atoms with Crippen molar-refractivity contribution in [3.05, 3.63) is 29.8 Å². The lowest BCUT2D eigenvalue weighted by Gasteiger charge is -2.21. The van der Waals surface area contributed by atoms with E-state index in [0.717, 1.165) is 4.90 Å². The molecule has 1 rings (SSSR count). The van der Waals surface area contributed by atoms with Crippen LogP contribution < -0.4 is 5.32 Å². The second kappa shape index (κ2) is 7.84. The summed E-state index contributed by atoms with van der Waals surface area (Å²) >= 11 is 0. The summed E-state index contributed by atoms with van der Waals surface area (Å²) in [4.78, 5) is 13.0. The lowest BCUT2D eigenvalue weighted by molar-refractivity contribution is -0.127. The first-order valence-electron chi connectivity index (χ1n) is 6.29. The number of aliphatic hydroxyl groups is 2. The van der Waals surface area contributed by atoms with Crippen molar-refractivity contribution >= 4 is 11.7 Å². The topological polar surface area (TPSA) is 72.8 Å². The Morgan fingerprint density at radius 2 is 1.81 bits per heavy atom. The molecule has 8 heteroatoms. The summed E-state index contributed by atoms with van der Waals surface area (Å²) in [6.07, 6.45) is -5.39. The average molecular weight is 306 g/mol. The van der Waals surface area contributed by atoms with Crippen molar-refractivity contribution in [1.29, 1.82) is 0 Å². The van der Waals surface area contributed by atoms with E-state index < -0.39 is 18.6 Å². The smallest absolute Gasteiger partial charge is 0.393 e. The van der Waals surface area contributed by atoms with Crippen LogP contribution in [0.3, 0.4) is 0 Å². The Morgan fingerprint density at radius 3 is 2.33 bits per heavy atom. The number of carbonyl (C=O) groups excluding carboxylic acids is 1. The van der Waals surface area contributed by atoms with Gasteiger partial charge in [0.2, 0.25) is 0 Å². The van der Waals surface area contributed by atoms with Crippen molar-refractivity contribution in [2.24, 2.45) is 0 Å². The second-order valence-corrected chi connectivity index (χ2v) is 4.36. The van der Waals surface area contributed by atoms with Crippen molar-refractivity contribution in [1.82, 2.24) is 4.90 Å². The molecule has 0 radical (unpaired) electrons. The molecule has 0 fully saturated rings. The average Bonchev–Trinajstić information content (AvgIpc) is 2.36. The fourth-order valence-corrected chi connectivity index (χ4v) is 1.75. The fourth-order valence-electron chi connectivity index (χ4n) is 1.75. The first-order chi connectivity index (χ1) is 9.85. The summed E-state index contributed by atoms with van der Waals surface area (Å²) in [7, 11) is 0.